The van der Waals surface area contributed by atoms with Gasteiger partial charge in [-0.1, -0.05) is 13.3 Å². The molecule has 0 aliphatic rings. The van der Waals surface area contributed by atoms with E-state index in [0.29, 0.717) is 24.5 Å². The number of hydrogen-bond acceptors (Lipinski definition) is 4. The number of hydrogen-bond donors (Lipinski definition) is 1. The predicted molar refractivity (Wildman–Crippen MR) is 86.0 cm³/mol. The molecular weight excluding hydrogens is 278 g/mol. The second-order valence-corrected chi connectivity index (χ2v) is 4.97. The predicted octanol–water partition coefficient (Wildman–Crippen LogP) is 2.98. The first-order chi connectivity index (χ1) is 10.7. The Morgan fingerprint density at radius 2 is 1.91 bits per heavy atom. The molecule has 5 nitrogen and oxygen atoms in total. The maximum absolute atomic E-state index is 9.22. The maximum Gasteiger partial charge on any atom is 0.122 e. The molecule has 0 radical (unpaired) electrons. The lowest BCUT2D eigenvalue weighted by molar-refractivity contribution is 0.295. The van der Waals surface area contributed by atoms with Crippen molar-refractivity contribution >= 4 is 5.69 Å². The third-order valence-electron chi connectivity index (χ3n) is 3.49. The molecule has 1 aromatic carbocycles. The Morgan fingerprint density at radius 3 is 2.50 bits per heavy atom. The lowest BCUT2D eigenvalue weighted by Crippen LogP contribution is -2.13. The molecule has 0 saturated carbocycles. The van der Waals surface area contributed by atoms with Gasteiger partial charge in [-0.05, 0) is 36.8 Å². The van der Waals surface area contributed by atoms with Crippen LogP contribution in [0.1, 0.15) is 24.7 Å². The number of aromatic nitrogens is 1. The Morgan fingerprint density at radius 1 is 1.23 bits per heavy atom. The third kappa shape index (κ3) is 3.53. The molecule has 2 rings (SSSR count). The summed E-state index contributed by atoms with van der Waals surface area (Å²) in [5.74, 6) is 1.57. The lowest BCUT2D eigenvalue weighted by Gasteiger charge is -2.12. The minimum atomic E-state index is 0.478. The molecule has 116 valence electrons. The van der Waals surface area contributed by atoms with E-state index in [1.807, 2.05) is 28.8 Å². The van der Waals surface area contributed by atoms with Crippen molar-refractivity contribution in [1.29, 1.82) is 5.26 Å². The van der Waals surface area contributed by atoms with E-state index in [1.165, 1.54) is 0 Å². The fourth-order valence-electron chi connectivity index (χ4n) is 2.40. The van der Waals surface area contributed by atoms with Crippen molar-refractivity contribution in [3.63, 3.8) is 0 Å². The van der Waals surface area contributed by atoms with Gasteiger partial charge in [0.05, 0.1) is 19.3 Å². The summed E-state index contributed by atoms with van der Waals surface area (Å²) >= 11 is 0. The molecule has 0 fully saturated rings. The van der Waals surface area contributed by atoms with Gasteiger partial charge in [-0.3, -0.25) is 0 Å². The molecule has 1 heterocycles. The number of rotatable bonds is 7. The molecule has 0 atom stereocenters. The number of methoxy groups -OCH3 is 1. The first-order valence-corrected chi connectivity index (χ1v) is 7.34. The van der Waals surface area contributed by atoms with Crippen molar-refractivity contribution in [2.24, 2.45) is 0 Å². The number of benzene rings is 1. The molecule has 0 saturated heterocycles. The molecule has 0 aliphatic carbocycles. The van der Waals surface area contributed by atoms with Crippen molar-refractivity contribution in [3.8, 4) is 17.6 Å². The second kappa shape index (κ2) is 7.41. The minimum absolute atomic E-state index is 0.478. The van der Waals surface area contributed by atoms with Crippen LogP contribution in [-0.2, 0) is 13.0 Å². The van der Waals surface area contributed by atoms with E-state index in [9.17, 15) is 5.26 Å². The van der Waals surface area contributed by atoms with Crippen molar-refractivity contribution in [2.75, 3.05) is 19.5 Å². The lowest BCUT2D eigenvalue weighted by atomic mass is 10.2. The Hall–Kier alpha value is -2.61. The van der Waals surface area contributed by atoms with Gasteiger partial charge in [0, 0.05) is 5.69 Å². The van der Waals surface area contributed by atoms with Gasteiger partial charge >= 0.3 is 0 Å². The number of anilines is 1. The highest BCUT2D eigenvalue weighted by molar-refractivity contribution is 5.50. The van der Waals surface area contributed by atoms with E-state index in [1.54, 1.807) is 13.2 Å². The highest BCUT2D eigenvalue weighted by atomic mass is 16.5. The third-order valence-corrected chi connectivity index (χ3v) is 3.49. The van der Waals surface area contributed by atoms with E-state index in [-0.39, 0.29) is 0 Å². The van der Waals surface area contributed by atoms with Crippen LogP contribution in [0.3, 0.4) is 0 Å². The number of nitrogens with zero attached hydrogens (tertiary/aromatic N) is 2. The molecule has 2 aromatic rings. The second-order valence-electron chi connectivity index (χ2n) is 4.97. The summed E-state index contributed by atoms with van der Waals surface area (Å²) in [5.41, 5.74) is 8.27. The van der Waals surface area contributed by atoms with Crippen molar-refractivity contribution in [3.05, 3.63) is 41.7 Å². The fourth-order valence-corrected chi connectivity index (χ4v) is 2.40. The van der Waals surface area contributed by atoms with Gasteiger partial charge in [0.25, 0.3) is 0 Å². The summed E-state index contributed by atoms with van der Waals surface area (Å²) in [6.07, 6.45) is 1.84. The number of nitrogens with two attached hydrogens (primary N) is 1. The summed E-state index contributed by atoms with van der Waals surface area (Å²) in [4.78, 5) is 0. The zero-order valence-corrected chi connectivity index (χ0v) is 13.0. The van der Waals surface area contributed by atoms with E-state index in [2.05, 4.69) is 13.0 Å². The van der Waals surface area contributed by atoms with Crippen LogP contribution in [0, 0.1) is 11.3 Å². The van der Waals surface area contributed by atoms with Crippen LogP contribution in [0.5, 0.6) is 11.5 Å². The van der Waals surface area contributed by atoms with Gasteiger partial charge in [0.2, 0.25) is 0 Å². The van der Waals surface area contributed by atoms with E-state index in [0.717, 1.165) is 30.0 Å². The fraction of sp³-hybridized carbons (Fsp3) is 0.353. The molecule has 0 aliphatic heterocycles. The Balaban J connectivity index is 2.03. The Kier molecular flexibility index (Phi) is 5.31. The largest absolute Gasteiger partial charge is 0.497 e. The van der Waals surface area contributed by atoms with Gasteiger partial charge in [0.15, 0.2) is 0 Å². The molecule has 5 heteroatoms. The SMILES string of the molecule is CCCc1c(N)cc(C#N)n1CCOc1ccc(OC)cc1. The van der Waals surface area contributed by atoms with Crippen LogP contribution >= 0.6 is 0 Å². The highest BCUT2D eigenvalue weighted by Crippen LogP contribution is 2.21. The molecular formula is C17H21N3O2. The average molecular weight is 299 g/mol. The summed E-state index contributed by atoms with van der Waals surface area (Å²) in [5, 5.41) is 9.22. The van der Waals surface area contributed by atoms with Crippen molar-refractivity contribution in [2.45, 2.75) is 26.3 Å². The standard InChI is InChI=1S/C17H21N3O2/c1-3-4-17-16(19)11-13(12-18)20(17)9-10-22-15-7-5-14(21-2)6-8-15/h5-8,11H,3-4,9-10,19H2,1-2H3. The molecule has 1 aromatic heterocycles. The number of ether oxygens (including phenoxy) is 2. The topological polar surface area (TPSA) is 73.2 Å². The monoisotopic (exact) mass is 299 g/mol. The molecule has 0 amide bonds. The van der Waals surface area contributed by atoms with Crippen LogP contribution in [0.4, 0.5) is 5.69 Å². The van der Waals surface area contributed by atoms with E-state index >= 15 is 0 Å². The minimum Gasteiger partial charge on any atom is -0.497 e. The van der Waals surface area contributed by atoms with Gasteiger partial charge in [0.1, 0.15) is 29.9 Å². The maximum atomic E-state index is 9.22. The first kappa shape index (κ1) is 15.8. The van der Waals surface area contributed by atoms with Crippen LogP contribution in [0.15, 0.2) is 30.3 Å². The zero-order chi connectivity index (χ0) is 15.9. The quantitative estimate of drug-likeness (QED) is 0.853. The van der Waals surface area contributed by atoms with Gasteiger partial charge < -0.3 is 19.8 Å². The average Bonchev–Trinajstić information content (AvgIpc) is 2.84. The summed E-state index contributed by atoms with van der Waals surface area (Å²) in [7, 11) is 1.63. The molecule has 0 bridgehead atoms. The smallest absolute Gasteiger partial charge is 0.122 e. The first-order valence-electron chi connectivity index (χ1n) is 7.34. The van der Waals surface area contributed by atoms with Crippen LogP contribution in [-0.4, -0.2) is 18.3 Å². The van der Waals surface area contributed by atoms with Gasteiger partial charge in [-0.2, -0.15) is 5.26 Å². The van der Waals surface area contributed by atoms with E-state index < -0.39 is 0 Å². The normalized spacial score (nSPS) is 10.2. The molecule has 22 heavy (non-hydrogen) atoms. The van der Waals surface area contributed by atoms with Crippen LogP contribution < -0.4 is 15.2 Å². The molecule has 2 N–H and O–H groups in total. The highest BCUT2D eigenvalue weighted by Gasteiger charge is 2.12. The number of nitrogen functional groups attached to an aromatic ring is 1. The molecule has 0 spiro atoms. The molecule has 0 unspecified atom stereocenters. The summed E-state index contributed by atoms with van der Waals surface area (Å²) in [6, 6.07) is 11.4. The number of nitriles is 1. The Labute approximate surface area is 130 Å². The Bertz CT molecular complexity index is 654. The van der Waals surface area contributed by atoms with Gasteiger partial charge in [-0.15, -0.1) is 0 Å². The van der Waals surface area contributed by atoms with Crippen molar-refractivity contribution < 1.29 is 9.47 Å². The summed E-state index contributed by atoms with van der Waals surface area (Å²) < 4.78 is 12.8. The zero-order valence-electron chi connectivity index (χ0n) is 13.0. The van der Waals surface area contributed by atoms with Gasteiger partial charge in [-0.25, -0.2) is 0 Å². The van der Waals surface area contributed by atoms with Crippen LogP contribution in [0.2, 0.25) is 0 Å². The van der Waals surface area contributed by atoms with E-state index in [4.69, 9.17) is 15.2 Å². The van der Waals surface area contributed by atoms with Crippen molar-refractivity contribution in [1.82, 2.24) is 4.57 Å². The van der Waals surface area contributed by atoms with Crippen LogP contribution in [0.25, 0.3) is 0 Å². The summed E-state index contributed by atoms with van der Waals surface area (Å²) in [6.45, 7) is 3.17.